The lowest BCUT2D eigenvalue weighted by Crippen LogP contribution is -2.26. The Bertz CT molecular complexity index is 421. The van der Waals surface area contributed by atoms with E-state index in [-0.39, 0.29) is 6.54 Å². The Balaban J connectivity index is 2.80. The van der Waals surface area contributed by atoms with Crippen molar-refractivity contribution in [1.82, 2.24) is 5.32 Å². The lowest BCUT2D eigenvalue weighted by Gasteiger charge is -2.24. The molecule has 0 heterocycles. The lowest BCUT2D eigenvalue weighted by atomic mass is 10.1. The molecule has 20 heavy (non-hydrogen) atoms. The van der Waals surface area contributed by atoms with E-state index in [0.717, 1.165) is 18.5 Å². The minimum Gasteiger partial charge on any atom is -0.373 e. The van der Waals surface area contributed by atoms with Crippen LogP contribution in [0.5, 0.6) is 0 Å². The largest absolute Gasteiger partial charge is 0.390 e. The summed E-state index contributed by atoms with van der Waals surface area (Å²) in [7, 11) is 1.64. The highest BCUT2D eigenvalue weighted by Gasteiger charge is 2.27. The number of anilines is 1. The van der Waals surface area contributed by atoms with Crippen molar-refractivity contribution in [3.05, 3.63) is 28.8 Å². The molecule has 0 aliphatic rings. The van der Waals surface area contributed by atoms with E-state index in [1.54, 1.807) is 18.0 Å². The number of hydrogen-bond donors (Lipinski definition) is 1. The van der Waals surface area contributed by atoms with E-state index in [0.29, 0.717) is 17.3 Å². The van der Waals surface area contributed by atoms with Gasteiger partial charge >= 0.3 is 6.18 Å². The maximum Gasteiger partial charge on any atom is 0.390 e. The summed E-state index contributed by atoms with van der Waals surface area (Å²) in [4.78, 5) is 1.57. The van der Waals surface area contributed by atoms with Crippen molar-refractivity contribution in [3.63, 3.8) is 0 Å². The number of halogens is 4. The Morgan fingerprint density at radius 1 is 1.30 bits per heavy atom. The zero-order valence-electron chi connectivity index (χ0n) is 11.7. The fourth-order valence-electron chi connectivity index (χ4n) is 1.94. The molecule has 6 heteroatoms. The van der Waals surface area contributed by atoms with Gasteiger partial charge in [-0.1, -0.05) is 30.7 Å². The van der Waals surface area contributed by atoms with E-state index in [9.17, 15) is 13.2 Å². The zero-order chi connectivity index (χ0) is 15.2. The molecule has 0 bridgehead atoms. The predicted octanol–water partition coefficient (Wildman–Crippen LogP) is 4.23. The van der Waals surface area contributed by atoms with Crippen LogP contribution in [0.3, 0.4) is 0 Å². The molecule has 0 fully saturated rings. The Hall–Kier alpha value is -0.940. The van der Waals surface area contributed by atoms with Crippen molar-refractivity contribution in [2.75, 3.05) is 25.0 Å². The van der Waals surface area contributed by atoms with E-state index in [1.807, 2.05) is 12.1 Å². The molecule has 1 aromatic carbocycles. The second kappa shape index (κ2) is 7.74. The Labute approximate surface area is 122 Å². The van der Waals surface area contributed by atoms with Gasteiger partial charge in [-0.15, -0.1) is 0 Å². The summed E-state index contributed by atoms with van der Waals surface area (Å²) in [5, 5.41) is 3.72. The Morgan fingerprint density at radius 3 is 2.60 bits per heavy atom. The van der Waals surface area contributed by atoms with Crippen molar-refractivity contribution in [1.29, 1.82) is 0 Å². The second-order valence-corrected chi connectivity index (χ2v) is 5.12. The quantitative estimate of drug-likeness (QED) is 0.758. The minimum atomic E-state index is -4.16. The van der Waals surface area contributed by atoms with Crippen molar-refractivity contribution in [2.24, 2.45) is 0 Å². The monoisotopic (exact) mass is 308 g/mol. The first kappa shape index (κ1) is 17.1. The lowest BCUT2D eigenvalue weighted by molar-refractivity contribution is -0.132. The van der Waals surface area contributed by atoms with Crippen LogP contribution in [-0.2, 0) is 6.54 Å². The van der Waals surface area contributed by atoms with Gasteiger partial charge in [0.2, 0.25) is 0 Å². The number of hydrogen-bond acceptors (Lipinski definition) is 2. The highest BCUT2D eigenvalue weighted by molar-refractivity contribution is 6.33. The van der Waals surface area contributed by atoms with Gasteiger partial charge in [0.15, 0.2) is 0 Å². The highest BCUT2D eigenvalue weighted by atomic mass is 35.5. The molecule has 0 saturated heterocycles. The molecule has 0 amide bonds. The molecular formula is C14H20ClF3N2. The summed E-state index contributed by atoms with van der Waals surface area (Å²) < 4.78 is 36.9. The maximum atomic E-state index is 12.3. The number of para-hydroxylation sites is 1. The molecule has 114 valence electrons. The summed E-state index contributed by atoms with van der Waals surface area (Å²) in [6.07, 6.45) is -4.01. The van der Waals surface area contributed by atoms with Crippen LogP contribution in [0.1, 0.15) is 25.3 Å². The van der Waals surface area contributed by atoms with Gasteiger partial charge in [-0.05, 0) is 24.6 Å². The number of benzene rings is 1. The summed E-state index contributed by atoms with van der Waals surface area (Å²) >= 11 is 6.14. The van der Waals surface area contributed by atoms with Crippen LogP contribution < -0.4 is 10.2 Å². The van der Waals surface area contributed by atoms with Gasteiger partial charge in [-0.3, -0.25) is 0 Å². The van der Waals surface area contributed by atoms with Crippen LogP contribution >= 0.6 is 11.6 Å². The zero-order valence-corrected chi connectivity index (χ0v) is 12.5. The maximum absolute atomic E-state index is 12.3. The normalized spacial score (nSPS) is 11.7. The molecule has 0 unspecified atom stereocenters. The molecule has 0 aliphatic carbocycles. The van der Waals surface area contributed by atoms with Gasteiger partial charge in [0.1, 0.15) is 0 Å². The van der Waals surface area contributed by atoms with Gasteiger partial charge in [-0.2, -0.15) is 13.2 Å². The first-order valence-electron chi connectivity index (χ1n) is 6.61. The molecule has 1 N–H and O–H groups in total. The van der Waals surface area contributed by atoms with Gasteiger partial charge in [0.25, 0.3) is 0 Å². The number of alkyl halides is 3. The topological polar surface area (TPSA) is 15.3 Å². The summed E-state index contributed by atoms with van der Waals surface area (Å²) in [5.41, 5.74) is 1.58. The van der Waals surface area contributed by atoms with Gasteiger partial charge in [0.05, 0.1) is 17.1 Å². The molecule has 0 radical (unpaired) electrons. The predicted molar refractivity (Wildman–Crippen MR) is 77.4 cm³/mol. The van der Waals surface area contributed by atoms with Gasteiger partial charge in [0, 0.05) is 20.1 Å². The van der Waals surface area contributed by atoms with E-state index in [1.165, 1.54) is 0 Å². The minimum absolute atomic E-state index is 0.103. The fourth-order valence-corrected chi connectivity index (χ4v) is 2.27. The Morgan fingerprint density at radius 2 is 2.00 bits per heavy atom. The third kappa shape index (κ3) is 5.59. The molecular weight excluding hydrogens is 289 g/mol. The molecule has 0 saturated carbocycles. The average Bonchev–Trinajstić information content (AvgIpc) is 2.35. The van der Waals surface area contributed by atoms with Gasteiger partial charge < -0.3 is 10.2 Å². The van der Waals surface area contributed by atoms with E-state index in [4.69, 9.17) is 11.6 Å². The molecule has 0 aliphatic heterocycles. The molecule has 2 nitrogen and oxygen atoms in total. The SMILES string of the molecule is CCCNCc1cccc(Cl)c1N(C)CCC(F)(F)F. The first-order chi connectivity index (χ1) is 9.35. The van der Waals surface area contributed by atoms with E-state index >= 15 is 0 Å². The highest BCUT2D eigenvalue weighted by Crippen LogP contribution is 2.30. The first-order valence-corrected chi connectivity index (χ1v) is 6.99. The third-order valence-electron chi connectivity index (χ3n) is 2.92. The van der Waals surface area contributed by atoms with Crippen LogP contribution in [0.25, 0.3) is 0 Å². The van der Waals surface area contributed by atoms with Gasteiger partial charge in [-0.25, -0.2) is 0 Å². The van der Waals surface area contributed by atoms with Crippen LogP contribution in [-0.4, -0.2) is 26.3 Å². The number of nitrogens with one attached hydrogen (secondary N) is 1. The van der Waals surface area contributed by atoms with Crippen LogP contribution in [0.2, 0.25) is 5.02 Å². The Kier molecular flexibility index (Phi) is 6.62. The fraction of sp³-hybridized carbons (Fsp3) is 0.571. The molecule has 1 rings (SSSR count). The van der Waals surface area contributed by atoms with Crippen LogP contribution in [0.15, 0.2) is 18.2 Å². The second-order valence-electron chi connectivity index (χ2n) is 4.71. The number of nitrogens with zero attached hydrogens (tertiary/aromatic N) is 1. The van der Waals surface area contributed by atoms with Crippen LogP contribution in [0.4, 0.5) is 18.9 Å². The van der Waals surface area contributed by atoms with Crippen LogP contribution in [0, 0.1) is 0 Å². The van der Waals surface area contributed by atoms with Crippen molar-refractivity contribution in [2.45, 2.75) is 32.5 Å². The molecule has 0 aromatic heterocycles. The van der Waals surface area contributed by atoms with E-state index in [2.05, 4.69) is 12.2 Å². The van der Waals surface area contributed by atoms with Crippen molar-refractivity contribution < 1.29 is 13.2 Å². The average molecular weight is 309 g/mol. The summed E-state index contributed by atoms with van der Waals surface area (Å²) in [5.74, 6) is 0. The summed E-state index contributed by atoms with van der Waals surface area (Å²) in [6, 6.07) is 5.39. The molecule has 1 aromatic rings. The van der Waals surface area contributed by atoms with Crippen molar-refractivity contribution in [3.8, 4) is 0 Å². The summed E-state index contributed by atoms with van der Waals surface area (Å²) in [6.45, 7) is 3.41. The smallest absolute Gasteiger partial charge is 0.373 e. The standard InChI is InChI=1S/C14H20ClF3N2/c1-3-8-19-10-11-5-4-6-12(15)13(11)20(2)9-7-14(16,17)18/h4-6,19H,3,7-10H2,1-2H3. The van der Waals surface area contributed by atoms with Crippen molar-refractivity contribution >= 4 is 17.3 Å². The molecule has 0 atom stereocenters. The molecule has 0 spiro atoms. The van der Waals surface area contributed by atoms with E-state index < -0.39 is 12.6 Å². The third-order valence-corrected chi connectivity index (χ3v) is 3.23. The number of rotatable bonds is 7.